The molecule has 0 bridgehead atoms. The van der Waals surface area contributed by atoms with Crippen molar-refractivity contribution in [2.24, 2.45) is 5.41 Å². The van der Waals surface area contributed by atoms with E-state index in [1.807, 2.05) is 0 Å². The average Bonchev–Trinajstić information content (AvgIpc) is 3.56. The number of thiophene rings is 1. The van der Waals surface area contributed by atoms with Gasteiger partial charge in [0.05, 0.1) is 29.5 Å². The fourth-order valence-corrected chi connectivity index (χ4v) is 5.64. The van der Waals surface area contributed by atoms with Crippen molar-refractivity contribution >= 4 is 43.1 Å². The first-order valence-corrected chi connectivity index (χ1v) is 12.1. The lowest BCUT2D eigenvalue weighted by molar-refractivity contribution is -0.137. The van der Waals surface area contributed by atoms with Crippen molar-refractivity contribution in [2.45, 2.75) is 19.0 Å². The Balaban J connectivity index is 1.87. The van der Waals surface area contributed by atoms with Crippen LogP contribution in [0.3, 0.4) is 0 Å². The van der Waals surface area contributed by atoms with E-state index in [9.17, 15) is 27.9 Å². The van der Waals surface area contributed by atoms with Crippen molar-refractivity contribution in [3.63, 3.8) is 0 Å². The Bertz CT molecular complexity index is 1640. The van der Waals surface area contributed by atoms with Gasteiger partial charge >= 0.3 is 12.2 Å². The summed E-state index contributed by atoms with van der Waals surface area (Å²) in [6.07, 6.45) is -3.59. The first-order valence-electron chi connectivity index (χ1n) is 11.3. The molecule has 0 atom stereocenters. The first-order chi connectivity index (χ1) is 17.9. The maximum Gasteiger partial charge on any atom is 0.417 e. The quantitative estimate of drug-likeness (QED) is 0.307. The van der Waals surface area contributed by atoms with Crippen molar-refractivity contribution < 1.29 is 31.8 Å². The Labute approximate surface area is 216 Å². The van der Waals surface area contributed by atoms with Crippen LogP contribution in [-0.2, 0) is 6.18 Å². The Kier molecular flexibility index (Phi) is 6.07. The number of aromatic nitrogens is 2. The van der Waals surface area contributed by atoms with Crippen molar-refractivity contribution in [2.75, 3.05) is 37.9 Å². The third-order valence-electron chi connectivity index (χ3n) is 6.80. The topological polar surface area (TPSA) is 108 Å². The van der Waals surface area contributed by atoms with Gasteiger partial charge in [0.25, 0.3) is 0 Å². The monoisotopic (exact) mass is 549 g/mol. The summed E-state index contributed by atoms with van der Waals surface area (Å²) in [6.45, 7) is 0.150. The molecule has 0 amide bonds. The number of anilines is 2. The standard InChI is InChI=1S/C25H20F5N5O2S/c1-35(9-24(10-36)5-6-24)22-12-7-14(25(28,29)30)17(18(27)19(12)33-23(34-22)37-2)11-3-4-15(26)20-16(11)13(8-31)21(32)38-20/h3-4,7,36H,5-6,9-10,32H2,1-2H3. The van der Waals surface area contributed by atoms with Crippen LogP contribution in [0.25, 0.3) is 32.1 Å². The fraction of sp³-hybridized carbons (Fsp3) is 0.320. The molecular formula is C25H20F5N5O2S. The Morgan fingerprint density at radius 2 is 1.97 bits per heavy atom. The minimum absolute atomic E-state index is 0.00994. The smallest absolute Gasteiger partial charge is 0.417 e. The normalized spacial score (nSPS) is 14.6. The van der Waals surface area contributed by atoms with E-state index >= 15 is 4.39 Å². The van der Waals surface area contributed by atoms with Gasteiger partial charge in [0.2, 0.25) is 0 Å². The second kappa shape index (κ2) is 8.92. The zero-order chi connectivity index (χ0) is 27.6. The molecule has 1 aliphatic rings. The highest BCUT2D eigenvalue weighted by atomic mass is 32.1. The van der Waals surface area contributed by atoms with Crippen LogP contribution in [0, 0.1) is 28.4 Å². The summed E-state index contributed by atoms with van der Waals surface area (Å²) in [5, 5.41) is 18.8. The predicted octanol–water partition coefficient (Wildman–Crippen LogP) is 5.48. The lowest BCUT2D eigenvalue weighted by Crippen LogP contribution is -2.29. The number of ether oxygens (including phenoxy) is 1. The molecule has 3 N–H and O–H groups in total. The van der Waals surface area contributed by atoms with E-state index in [0.29, 0.717) is 11.3 Å². The van der Waals surface area contributed by atoms with Gasteiger partial charge in [-0.1, -0.05) is 6.07 Å². The Morgan fingerprint density at radius 1 is 1.26 bits per heavy atom. The van der Waals surface area contributed by atoms with Crippen LogP contribution in [0.5, 0.6) is 6.01 Å². The van der Waals surface area contributed by atoms with Gasteiger partial charge < -0.3 is 20.5 Å². The zero-order valence-corrected chi connectivity index (χ0v) is 20.9. The number of fused-ring (bicyclic) bond motifs is 2. The van der Waals surface area contributed by atoms with E-state index in [0.717, 1.165) is 31.0 Å². The summed E-state index contributed by atoms with van der Waals surface area (Å²) >= 11 is 0.691. The van der Waals surface area contributed by atoms with Crippen LogP contribution in [0.2, 0.25) is 0 Å². The van der Waals surface area contributed by atoms with Crippen LogP contribution in [0.4, 0.5) is 32.8 Å². The summed E-state index contributed by atoms with van der Waals surface area (Å²) in [5.74, 6) is -2.15. The number of nitriles is 1. The second-order valence-electron chi connectivity index (χ2n) is 9.31. The lowest BCUT2D eigenvalue weighted by atomic mass is 9.92. The molecule has 7 nitrogen and oxygen atoms in total. The molecule has 5 rings (SSSR count). The molecule has 0 saturated heterocycles. The van der Waals surface area contributed by atoms with Gasteiger partial charge in [-0.15, -0.1) is 11.3 Å². The highest BCUT2D eigenvalue weighted by Crippen LogP contribution is 2.49. The molecule has 4 aromatic rings. The summed E-state index contributed by atoms with van der Waals surface area (Å²) in [7, 11) is 2.81. The molecule has 13 heteroatoms. The van der Waals surface area contributed by atoms with E-state index in [-0.39, 0.29) is 56.6 Å². The van der Waals surface area contributed by atoms with Crippen LogP contribution in [0.15, 0.2) is 18.2 Å². The van der Waals surface area contributed by atoms with Gasteiger partial charge in [0.1, 0.15) is 28.2 Å². The van der Waals surface area contributed by atoms with Gasteiger partial charge in [-0.3, -0.25) is 0 Å². The number of hydrogen-bond acceptors (Lipinski definition) is 8. The molecule has 198 valence electrons. The van der Waals surface area contributed by atoms with E-state index in [2.05, 4.69) is 9.97 Å². The number of aliphatic hydroxyl groups is 1. The lowest BCUT2D eigenvalue weighted by Gasteiger charge is -2.25. The van der Waals surface area contributed by atoms with E-state index in [4.69, 9.17) is 10.5 Å². The molecule has 0 aliphatic heterocycles. The highest BCUT2D eigenvalue weighted by Gasteiger charge is 2.44. The van der Waals surface area contributed by atoms with Crippen LogP contribution >= 0.6 is 11.3 Å². The number of methoxy groups -OCH3 is 1. The minimum Gasteiger partial charge on any atom is -0.467 e. The van der Waals surface area contributed by atoms with Gasteiger partial charge in [-0.2, -0.15) is 28.4 Å². The van der Waals surface area contributed by atoms with Crippen molar-refractivity contribution in [1.82, 2.24) is 9.97 Å². The third-order valence-corrected chi connectivity index (χ3v) is 7.83. The molecule has 0 spiro atoms. The minimum atomic E-state index is -5.04. The number of rotatable bonds is 6. The zero-order valence-electron chi connectivity index (χ0n) is 20.1. The number of nitrogens with two attached hydrogens (primary N) is 1. The number of hydrogen-bond donors (Lipinski definition) is 2. The Hall–Kier alpha value is -3.76. The number of nitrogens with zero attached hydrogens (tertiary/aromatic N) is 4. The van der Waals surface area contributed by atoms with Crippen LogP contribution in [0.1, 0.15) is 24.0 Å². The maximum absolute atomic E-state index is 16.3. The van der Waals surface area contributed by atoms with Crippen LogP contribution in [-0.4, -0.2) is 42.4 Å². The number of alkyl halides is 3. The number of nitrogen functional groups attached to an aromatic ring is 1. The predicted molar refractivity (Wildman–Crippen MR) is 133 cm³/mol. The van der Waals surface area contributed by atoms with Crippen molar-refractivity contribution in [3.05, 3.63) is 41.0 Å². The number of benzene rings is 2. The summed E-state index contributed by atoms with van der Waals surface area (Å²) in [6, 6.07) is 4.15. The fourth-order valence-electron chi connectivity index (χ4n) is 4.69. The third kappa shape index (κ3) is 4.04. The van der Waals surface area contributed by atoms with Gasteiger partial charge in [-0.05, 0) is 30.5 Å². The van der Waals surface area contributed by atoms with E-state index in [1.165, 1.54) is 7.11 Å². The van der Waals surface area contributed by atoms with E-state index < -0.39 is 39.9 Å². The molecule has 0 radical (unpaired) electrons. The van der Waals surface area contributed by atoms with E-state index in [1.54, 1.807) is 18.0 Å². The maximum atomic E-state index is 16.3. The molecule has 1 aliphatic carbocycles. The molecule has 1 saturated carbocycles. The number of halogens is 5. The highest BCUT2D eigenvalue weighted by molar-refractivity contribution is 7.23. The number of aliphatic hydroxyl groups excluding tert-OH is 1. The van der Waals surface area contributed by atoms with Gasteiger partial charge in [0, 0.05) is 35.3 Å². The molecule has 0 unspecified atom stereocenters. The molecule has 2 aromatic heterocycles. The second-order valence-corrected chi connectivity index (χ2v) is 10.4. The van der Waals surface area contributed by atoms with Crippen LogP contribution < -0.4 is 15.4 Å². The summed E-state index contributed by atoms with van der Waals surface area (Å²) in [4.78, 5) is 9.74. The SMILES string of the molecule is COc1nc(N(C)CC2(CO)CC2)c2cc(C(F)(F)F)c(-c3ccc(F)c4sc(N)c(C#N)c34)c(F)c2n1. The van der Waals surface area contributed by atoms with Gasteiger partial charge in [0.15, 0.2) is 5.82 Å². The molecule has 38 heavy (non-hydrogen) atoms. The molecule has 1 fully saturated rings. The molecule has 2 heterocycles. The molecule has 2 aromatic carbocycles. The molecular weight excluding hydrogens is 529 g/mol. The van der Waals surface area contributed by atoms with Crippen molar-refractivity contribution in [1.29, 1.82) is 5.26 Å². The summed E-state index contributed by atoms with van der Waals surface area (Å²) < 4.78 is 79.3. The van der Waals surface area contributed by atoms with Gasteiger partial charge in [-0.25, -0.2) is 8.78 Å². The largest absolute Gasteiger partial charge is 0.467 e. The first kappa shape index (κ1) is 25.9. The Morgan fingerprint density at radius 3 is 2.55 bits per heavy atom. The van der Waals surface area contributed by atoms with Crippen molar-refractivity contribution in [3.8, 4) is 23.2 Å². The summed E-state index contributed by atoms with van der Waals surface area (Å²) in [5.41, 5.74) is 2.14. The average molecular weight is 550 g/mol.